The van der Waals surface area contributed by atoms with E-state index in [0.29, 0.717) is 28.2 Å². The summed E-state index contributed by atoms with van der Waals surface area (Å²) < 4.78 is 26.7. The molecule has 0 aliphatic carbocycles. The third kappa shape index (κ3) is 3.31. The summed E-state index contributed by atoms with van der Waals surface area (Å²) in [6, 6.07) is 3.29. The Kier molecular flexibility index (Phi) is 4.75. The van der Waals surface area contributed by atoms with Gasteiger partial charge in [-0.15, -0.1) is 0 Å². The van der Waals surface area contributed by atoms with Crippen molar-refractivity contribution in [3.63, 3.8) is 0 Å². The predicted octanol–water partition coefficient (Wildman–Crippen LogP) is 3.05. The van der Waals surface area contributed by atoms with Crippen LogP contribution in [0.15, 0.2) is 18.7 Å². The summed E-state index contributed by atoms with van der Waals surface area (Å²) in [5.74, 6) is -0.835. The van der Waals surface area contributed by atoms with Crippen LogP contribution in [0.3, 0.4) is 0 Å². The Hall–Kier alpha value is -1.72. The number of rotatable bonds is 1. The number of likely N-dealkylation sites (tertiary alicyclic amines) is 1. The number of hydrogen-bond acceptors (Lipinski definition) is 2. The van der Waals surface area contributed by atoms with E-state index in [9.17, 15) is 8.78 Å². The molecule has 1 aromatic heterocycles. The first-order valence-corrected chi connectivity index (χ1v) is 6.97. The fraction of sp³-hybridized carbons (Fsp3) is 0.375. The van der Waals surface area contributed by atoms with Crippen molar-refractivity contribution in [1.29, 1.82) is 0 Å². The largest absolute Gasteiger partial charge is 0.353 e. The number of aryl methyl sites for hydroxylation is 1. The molecule has 1 aliphatic heterocycles. The van der Waals surface area contributed by atoms with Crippen molar-refractivity contribution in [3.05, 3.63) is 41.6 Å². The fourth-order valence-electron chi connectivity index (χ4n) is 2.52. The zero-order valence-electron chi connectivity index (χ0n) is 12.4. The van der Waals surface area contributed by atoms with Crippen LogP contribution in [0.25, 0.3) is 17.0 Å². The molecule has 2 aromatic rings. The van der Waals surface area contributed by atoms with Crippen LogP contribution in [0.1, 0.15) is 17.7 Å². The van der Waals surface area contributed by atoms with Crippen LogP contribution in [0.2, 0.25) is 0 Å². The molecule has 1 atom stereocenters. The average molecular weight is 293 g/mol. The van der Waals surface area contributed by atoms with E-state index in [4.69, 9.17) is 5.73 Å². The number of H-pyrrole nitrogens is 1. The predicted molar refractivity (Wildman–Crippen MR) is 83.1 cm³/mol. The van der Waals surface area contributed by atoms with E-state index < -0.39 is 11.6 Å². The minimum Gasteiger partial charge on any atom is -0.353 e. The second kappa shape index (κ2) is 6.37. The first kappa shape index (κ1) is 15.7. The quantitative estimate of drug-likeness (QED) is 0.849. The van der Waals surface area contributed by atoms with Gasteiger partial charge in [0.05, 0.1) is 5.69 Å². The van der Waals surface area contributed by atoms with Gasteiger partial charge in [-0.25, -0.2) is 8.78 Å². The van der Waals surface area contributed by atoms with Gasteiger partial charge in [0.15, 0.2) is 5.82 Å². The Bertz CT molecular complexity index is 640. The number of benzene rings is 1. The fourth-order valence-corrected chi connectivity index (χ4v) is 2.52. The molecule has 1 aromatic carbocycles. The lowest BCUT2D eigenvalue weighted by molar-refractivity contribution is 0.411. The lowest BCUT2D eigenvalue weighted by Crippen LogP contribution is -2.23. The molecule has 21 heavy (non-hydrogen) atoms. The zero-order chi connectivity index (χ0) is 15.6. The molecule has 1 aliphatic rings. The van der Waals surface area contributed by atoms with Crippen molar-refractivity contribution in [2.75, 3.05) is 20.1 Å². The Morgan fingerprint density at radius 1 is 1.43 bits per heavy atom. The lowest BCUT2D eigenvalue weighted by Gasteiger charge is -2.03. The summed E-state index contributed by atoms with van der Waals surface area (Å²) in [4.78, 5) is 5.08. The summed E-state index contributed by atoms with van der Waals surface area (Å²) >= 11 is 0. The van der Waals surface area contributed by atoms with Crippen molar-refractivity contribution < 1.29 is 8.78 Å². The van der Waals surface area contributed by atoms with Crippen LogP contribution in [0.5, 0.6) is 0 Å². The Morgan fingerprint density at radius 3 is 2.62 bits per heavy atom. The summed E-state index contributed by atoms with van der Waals surface area (Å²) in [5.41, 5.74) is 6.80. The van der Waals surface area contributed by atoms with E-state index in [0.717, 1.165) is 6.54 Å². The van der Waals surface area contributed by atoms with E-state index in [1.54, 1.807) is 6.92 Å². The maximum absolute atomic E-state index is 13.6. The smallest absolute Gasteiger partial charge is 0.156 e. The van der Waals surface area contributed by atoms with Gasteiger partial charge in [-0.05, 0) is 50.7 Å². The third-order valence-electron chi connectivity index (χ3n) is 3.76. The topological polar surface area (TPSA) is 45.0 Å². The highest BCUT2D eigenvalue weighted by Crippen LogP contribution is 2.26. The monoisotopic (exact) mass is 293 g/mol. The molecule has 3 nitrogen and oxygen atoms in total. The van der Waals surface area contributed by atoms with E-state index >= 15 is 0 Å². The van der Waals surface area contributed by atoms with E-state index in [-0.39, 0.29) is 0 Å². The van der Waals surface area contributed by atoms with Gasteiger partial charge in [-0.2, -0.15) is 0 Å². The summed E-state index contributed by atoms with van der Waals surface area (Å²) in [6.45, 7) is 7.30. The molecule has 5 heteroatoms. The molecule has 1 fully saturated rings. The van der Waals surface area contributed by atoms with Crippen molar-refractivity contribution in [2.45, 2.75) is 19.4 Å². The van der Waals surface area contributed by atoms with Gasteiger partial charge in [-0.1, -0.05) is 6.58 Å². The molecule has 3 N–H and O–H groups in total. The highest BCUT2D eigenvalue weighted by molar-refractivity contribution is 5.86. The molecule has 0 spiro atoms. The van der Waals surface area contributed by atoms with Gasteiger partial charge in [-0.3, -0.25) is 0 Å². The van der Waals surface area contributed by atoms with Gasteiger partial charge in [0, 0.05) is 23.5 Å². The van der Waals surface area contributed by atoms with E-state index in [1.165, 1.54) is 31.2 Å². The molecule has 0 amide bonds. The molecule has 1 unspecified atom stereocenters. The Morgan fingerprint density at radius 2 is 2.14 bits per heavy atom. The lowest BCUT2D eigenvalue weighted by atomic mass is 10.1. The number of likely N-dealkylation sites (N-methyl/N-ethyl adjacent to an activating group) is 1. The second-order valence-corrected chi connectivity index (χ2v) is 5.46. The van der Waals surface area contributed by atoms with Gasteiger partial charge in [0.2, 0.25) is 0 Å². The van der Waals surface area contributed by atoms with Gasteiger partial charge in [0.1, 0.15) is 5.82 Å². The molecule has 0 saturated carbocycles. The normalized spacial score (nSPS) is 18.6. The molecular formula is C16H21F2N3. The van der Waals surface area contributed by atoms with Crippen LogP contribution in [-0.2, 0) is 0 Å². The van der Waals surface area contributed by atoms with Crippen molar-refractivity contribution in [2.24, 2.45) is 5.73 Å². The SMILES string of the molecule is C=Cc1[nH]c2ccc(F)c(C)c2c1F.CN1CCC(N)C1. The number of aromatic nitrogens is 1. The zero-order valence-corrected chi connectivity index (χ0v) is 12.4. The van der Waals surface area contributed by atoms with Gasteiger partial charge >= 0.3 is 0 Å². The molecule has 2 heterocycles. The first-order valence-electron chi connectivity index (χ1n) is 6.97. The molecular weight excluding hydrogens is 272 g/mol. The third-order valence-corrected chi connectivity index (χ3v) is 3.76. The molecule has 0 radical (unpaired) electrons. The second-order valence-electron chi connectivity index (χ2n) is 5.46. The van der Waals surface area contributed by atoms with Gasteiger partial charge < -0.3 is 15.6 Å². The number of nitrogens with zero attached hydrogens (tertiary/aromatic N) is 1. The number of halogens is 2. The maximum atomic E-state index is 13.6. The molecule has 0 bridgehead atoms. The molecule has 114 valence electrons. The van der Waals surface area contributed by atoms with Crippen molar-refractivity contribution >= 4 is 17.0 Å². The first-order chi connectivity index (χ1) is 9.93. The van der Waals surface area contributed by atoms with Crippen LogP contribution >= 0.6 is 0 Å². The highest BCUT2D eigenvalue weighted by Gasteiger charge is 2.14. The number of nitrogens with two attached hydrogens (primary N) is 1. The standard InChI is InChI=1S/C11H9F2N.C5H12N2/c1-3-8-11(13)10-6(2)7(12)4-5-9(10)14-8;1-7-3-2-5(6)4-7/h3-5,14H,1H2,2H3;5H,2-4,6H2,1H3. The van der Waals surface area contributed by atoms with Crippen molar-refractivity contribution in [1.82, 2.24) is 9.88 Å². The average Bonchev–Trinajstić information content (AvgIpc) is 2.98. The molecule has 1 saturated heterocycles. The van der Waals surface area contributed by atoms with E-state index in [2.05, 4.69) is 23.5 Å². The van der Waals surface area contributed by atoms with Gasteiger partial charge in [0.25, 0.3) is 0 Å². The minimum atomic E-state index is -0.438. The summed E-state index contributed by atoms with van der Waals surface area (Å²) in [7, 11) is 2.10. The van der Waals surface area contributed by atoms with Crippen LogP contribution < -0.4 is 5.73 Å². The van der Waals surface area contributed by atoms with Crippen LogP contribution in [0, 0.1) is 18.6 Å². The Balaban J connectivity index is 0.000000194. The Labute approximate surface area is 123 Å². The maximum Gasteiger partial charge on any atom is 0.156 e. The van der Waals surface area contributed by atoms with E-state index in [1.807, 2.05) is 0 Å². The molecule has 3 rings (SSSR count). The number of nitrogens with one attached hydrogen (secondary N) is 1. The number of fused-ring (bicyclic) bond motifs is 1. The highest BCUT2D eigenvalue weighted by atomic mass is 19.1. The summed E-state index contributed by atoms with van der Waals surface area (Å²) in [5, 5.41) is 0.305. The minimum absolute atomic E-state index is 0.300. The number of hydrogen-bond donors (Lipinski definition) is 2. The van der Waals surface area contributed by atoms with Crippen LogP contribution in [-0.4, -0.2) is 36.1 Å². The van der Waals surface area contributed by atoms with Crippen molar-refractivity contribution in [3.8, 4) is 0 Å². The van der Waals surface area contributed by atoms with Crippen LogP contribution in [0.4, 0.5) is 8.78 Å². The number of aromatic amines is 1. The summed E-state index contributed by atoms with van der Waals surface area (Å²) in [6.07, 6.45) is 2.56.